The summed E-state index contributed by atoms with van der Waals surface area (Å²) in [6.45, 7) is 1.81. The van der Waals surface area contributed by atoms with Gasteiger partial charge in [-0.15, -0.1) is 0 Å². The minimum atomic E-state index is -0.260. The molecule has 0 radical (unpaired) electrons. The van der Waals surface area contributed by atoms with Crippen LogP contribution in [0.1, 0.15) is 46.9 Å². The third kappa shape index (κ3) is 2.90. The summed E-state index contributed by atoms with van der Waals surface area (Å²) in [6.07, 6.45) is 7.59. The molecule has 0 aromatic carbocycles. The Bertz CT molecular complexity index is 812. The Morgan fingerprint density at radius 1 is 1.36 bits per heavy atom. The quantitative estimate of drug-likeness (QED) is 0.912. The number of nitrogens with one attached hydrogen (secondary N) is 1. The Labute approximate surface area is 146 Å². The number of pyridine rings is 1. The van der Waals surface area contributed by atoms with Crippen LogP contribution in [-0.2, 0) is 11.8 Å². The summed E-state index contributed by atoms with van der Waals surface area (Å²) in [4.78, 5) is 31.4. The summed E-state index contributed by atoms with van der Waals surface area (Å²) in [7, 11) is 1.79. The van der Waals surface area contributed by atoms with Crippen LogP contribution < -0.4 is 5.32 Å². The van der Waals surface area contributed by atoms with Crippen molar-refractivity contribution in [2.24, 2.45) is 7.05 Å². The van der Waals surface area contributed by atoms with Crippen LogP contribution in [0.2, 0.25) is 0 Å². The van der Waals surface area contributed by atoms with Crippen molar-refractivity contribution < 1.29 is 9.59 Å². The molecular weight excluding hydrogens is 318 g/mol. The minimum Gasteiger partial charge on any atom is -0.346 e. The molecule has 1 aliphatic carbocycles. The first kappa shape index (κ1) is 15.8. The van der Waals surface area contributed by atoms with E-state index in [1.165, 1.54) is 0 Å². The van der Waals surface area contributed by atoms with Gasteiger partial charge in [-0.1, -0.05) is 6.07 Å². The van der Waals surface area contributed by atoms with Gasteiger partial charge in [-0.25, -0.2) is 0 Å². The Hall–Kier alpha value is -2.70. The Kier molecular flexibility index (Phi) is 3.78. The van der Waals surface area contributed by atoms with Crippen LogP contribution in [0.25, 0.3) is 0 Å². The lowest BCUT2D eigenvalue weighted by molar-refractivity contribution is -0.129. The SMILES string of the molecule is Cc1nn(C)cc1C(=O)N[C@@H]1CC(=O)N(C2CC2)[C@H]1c1cccnc1. The second-order valence-corrected chi connectivity index (χ2v) is 6.85. The van der Waals surface area contributed by atoms with Crippen LogP contribution in [0.4, 0.5) is 0 Å². The maximum Gasteiger partial charge on any atom is 0.255 e. The van der Waals surface area contributed by atoms with Gasteiger partial charge in [0.2, 0.25) is 5.91 Å². The van der Waals surface area contributed by atoms with Gasteiger partial charge in [-0.3, -0.25) is 19.3 Å². The number of likely N-dealkylation sites (tertiary alicyclic amines) is 1. The van der Waals surface area contributed by atoms with Crippen molar-refractivity contribution in [1.82, 2.24) is 25.0 Å². The van der Waals surface area contributed by atoms with E-state index in [4.69, 9.17) is 0 Å². The number of aryl methyl sites for hydroxylation is 2. The fourth-order valence-corrected chi connectivity index (χ4v) is 3.68. The second kappa shape index (κ2) is 5.98. The van der Waals surface area contributed by atoms with Gasteiger partial charge in [0.25, 0.3) is 5.91 Å². The topological polar surface area (TPSA) is 80.1 Å². The van der Waals surface area contributed by atoms with Crippen LogP contribution in [0, 0.1) is 6.92 Å². The van der Waals surface area contributed by atoms with Crippen LogP contribution in [0.15, 0.2) is 30.7 Å². The lowest BCUT2D eigenvalue weighted by Gasteiger charge is -2.28. The minimum absolute atomic E-state index is 0.101. The lowest BCUT2D eigenvalue weighted by Crippen LogP contribution is -2.40. The first-order valence-electron chi connectivity index (χ1n) is 8.57. The van der Waals surface area contributed by atoms with Gasteiger partial charge in [0.05, 0.1) is 23.3 Å². The van der Waals surface area contributed by atoms with Crippen LogP contribution in [0.3, 0.4) is 0 Å². The summed E-state index contributed by atoms with van der Waals surface area (Å²) in [5.74, 6) is -0.0838. The van der Waals surface area contributed by atoms with Crippen molar-refractivity contribution in [2.75, 3.05) is 0 Å². The van der Waals surface area contributed by atoms with E-state index in [0.717, 1.165) is 18.4 Å². The van der Waals surface area contributed by atoms with Crippen molar-refractivity contribution in [3.8, 4) is 0 Å². The van der Waals surface area contributed by atoms with E-state index in [1.54, 1.807) is 30.3 Å². The highest BCUT2D eigenvalue weighted by molar-refractivity contribution is 5.96. The van der Waals surface area contributed by atoms with Crippen molar-refractivity contribution >= 4 is 11.8 Å². The molecule has 0 spiro atoms. The molecule has 130 valence electrons. The molecule has 0 unspecified atom stereocenters. The van der Waals surface area contributed by atoms with Gasteiger partial charge in [-0.2, -0.15) is 5.10 Å². The molecule has 1 saturated carbocycles. The molecule has 0 bridgehead atoms. The van der Waals surface area contributed by atoms with Crippen molar-refractivity contribution in [3.63, 3.8) is 0 Å². The molecule has 2 aromatic rings. The first-order valence-corrected chi connectivity index (χ1v) is 8.57. The lowest BCUT2D eigenvalue weighted by atomic mass is 10.0. The van der Waals surface area contributed by atoms with Crippen molar-refractivity contribution in [3.05, 3.63) is 47.5 Å². The predicted molar refractivity (Wildman–Crippen MR) is 90.7 cm³/mol. The molecule has 7 heteroatoms. The van der Waals surface area contributed by atoms with E-state index in [2.05, 4.69) is 15.4 Å². The zero-order chi connectivity index (χ0) is 17.6. The zero-order valence-electron chi connectivity index (χ0n) is 14.3. The molecule has 25 heavy (non-hydrogen) atoms. The second-order valence-electron chi connectivity index (χ2n) is 6.85. The van der Waals surface area contributed by atoms with E-state index >= 15 is 0 Å². The number of carbonyl (C=O) groups is 2. The normalized spacial score (nSPS) is 23.1. The summed E-state index contributed by atoms with van der Waals surface area (Å²) in [5.41, 5.74) is 2.19. The fraction of sp³-hybridized carbons (Fsp3) is 0.444. The van der Waals surface area contributed by atoms with E-state index in [0.29, 0.717) is 23.7 Å². The van der Waals surface area contributed by atoms with E-state index in [-0.39, 0.29) is 23.9 Å². The number of aromatic nitrogens is 3. The molecule has 2 amide bonds. The third-order valence-corrected chi connectivity index (χ3v) is 4.90. The maximum atomic E-state index is 12.7. The molecule has 2 aromatic heterocycles. The number of hydrogen-bond acceptors (Lipinski definition) is 4. The Morgan fingerprint density at radius 3 is 2.76 bits per heavy atom. The number of hydrogen-bond donors (Lipinski definition) is 1. The molecule has 7 nitrogen and oxygen atoms in total. The maximum absolute atomic E-state index is 12.7. The highest BCUT2D eigenvalue weighted by Crippen LogP contribution is 2.41. The summed E-state index contributed by atoms with van der Waals surface area (Å²) in [6, 6.07) is 3.71. The van der Waals surface area contributed by atoms with Crippen LogP contribution in [-0.4, -0.2) is 43.6 Å². The fourth-order valence-electron chi connectivity index (χ4n) is 3.68. The molecule has 4 rings (SSSR count). The molecule has 1 aliphatic heterocycles. The van der Waals surface area contributed by atoms with E-state index in [1.807, 2.05) is 24.0 Å². The van der Waals surface area contributed by atoms with Gasteiger partial charge in [-0.05, 0) is 31.4 Å². The van der Waals surface area contributed by atoms with Gasteiger partial charge in [0, 0.05) is 38.1 Å². The standard InChI is InChI=1S/C18H21N5O2/c1-11-14(10-22(2)21-11)18(25)20-15-8-16(24)23(13-5-6-13)17(15)12-4-3-7-19-9-12/h3-4,7,9-10,13,15,17H,5-6,8H2,1-2H3,(H,20,25)/t15-,17+/m1/s1. The zero-order valence-corrected chi connectivity index (χ0v) is 14.3. The van der Waals surface area contributed by atoms with Gasteiger partial charge in [0.15, 0.2) is 0 Å². The van der Waals surface area contributed by atoms with E-state index < -0.39 is 0 Å². The molecular formula is C18H21N5O2. The summed E-state index contributed by atoms with van der Waals surface area (Å²) in [5, 5.41) is 7.28. The van der Waals surface area contributed by atoms with Gasteiger partial charge < -0.3 is 10.2 Å². The molecule has 1 saturated heterocycles. The highest BCUT2D eigenvalue weighted by Gasteiger charge is 2.47. The van der Waals surface area contributed by atoms with Crippen molar-refractivity contribution in [2.45, 2.75) is 44.3 Å². The number of carbonyl (C=O) groups excluding carboxylic acids is 2. The Morgan fingerprint density at radius 2 is 2.16 bits per heavy atom. The first-order chi connectivity index (χ1) is 12.0. The highest BCUT2D eigenvalue weighted by atomic mass is 16.2. The number of nitrogens with zero attached hydrogens (tertiary/aromatic N) is 4. The number of amides is 2. The largest absolute Gasteiger partial charge is 0.346 e. The molecule has 2 fully saturated rings. The van der Waals surface area contributed by atoms with Gasteiger partial charge >= 0.3 is 0 Å². The molecule has 2 atom stereocenters. The van der Waals surface area contributed by atoms with Crippen molar-refractivity contribution in [1.29, 1.82) is 0 Å². The van der Waals surface area contributed by atoms with Crippen LogP contribution in [0.5, 0.6) is 0 Å². The van der Waals surface area contributed by atoms with Gasteiger partial charge in [0.1, 0.15) is 0 Å². The Balaban J connectivity index is 1.62. The van der Waals surface area contributed by atoms with E-state index in [9.17, 15) is 9.59 Å². The molecule has 1 N–H and O–H groups in total. The number of rotatable bonds is 4. The summed E-state index contributed by atoms with van der Waals surface area (Å²) < 4.78 is 1.62. The van der Waals surface area contributed by atoms with Crippen LogP contribution >= 0.6 is 0 Å². The molecule has 2 aliphatic rings. The third-order valence-electron chi connectivity index (χ3n) is 4.90. The smallest absolute Gasteiger partial charge is 0.255 e. The molecule has 3 heterocycles. The monoisotopic (exact) mass is 339 g/mol. The average molecular weight is 339 g/mol. The predicted octanol–water partition coefficient (Wildman–Crippen LogP) is 1.36. The average Bonchev–Trinajstić information content (AvgIpc) is 3.29. The summed E-state index contributed by atoms with van der Waals surface area (Å²) >= 11 is 0.